The summed E-state index contributed by atoms with van der Waals surface area (Å²) in [6, 6.07) is 14.4. The first-order valence-electron chi connectivity index (χ1n) is 11.0. The number of benzene rings is 2. The molecule has 1 saturated carbocycles. The highest BCUT2D eigenvalue weighted by molar-refractivity contribution is 5.77. The molecular formula is C24H27FN8. The molecule has 5 rings (SSSR count). The lowest BCUT2D eigenvalue weighted by Gasteiger charge is -2.15. The molecule has 33 heavy (non-hydrogen) atoms. The number of aromatic nitrogens is 5. The number of halogens is 1. The molecular weight excluding hydrogens is 419 g/mol. The minimum atomic E-state index is -0.562. The van der Waals surface area contributed by atoms with Crippen LogP contribution in [0.5, 0.6) is 0 Å². The number of rotatable bonds is 3. The molecule has 2 aromatic carbocycles. The molecule has 1 aliphatic rings. The van der Waals surface area contributed by atoms with Crippen molar-refractivity contribution in [2.75, 3.05) is 12.4 Å². The van der Waals surface area contributed by atoms with Gasteiger partial charge in [-0.3, -0.25) is 0 Å². The first kappa shape index (κ1) is 22.4. The zero-order chi connectivity index (χ0) is 23.4. The fourth-order valence-electron chi connectivity index (χ4n) is 3.97. The molecule has 1 aliphatic carbocycles. The Morgan fingerprint density at radius 3 is 2.55 bits per heavy atom. The summed E-state index contributed by atoms with van der Waals surface area (Å²) in [6.07, 6.45) is 6.66. The molecule has 2 heterocycles. The average molecular weight is 447 g/mol. The van der Waals surface area contributed by atoms with Gasteiger partial charge in [-0.1, -0.05) is 30.5 Å². The van der Waals surface area contributed by atoms with Crippen molar-refractivity contribution >= 4 is 16.9 Å². The molecule has 0 atom stereocenters. The lowest BCUT2D eigenvalue weighted by atomic mass is 9.97. The summed E-state index contributed by atoms with van der Waals surface area (Å²) < 4.78 is 17.5. The van der Waals surface area contributed by atoms with Crippen LogP contribution in [0.1, 0.15) is 37.7 Å². The highest BCUT2D eigenvalue weighted by Crippen LogP contribution is 2.28. The van der Waals surface area contributed by atoms with Crippen molar-refractivity contribution in [2.45, 2.75) is 38.1 Å². The fraction of sp³-hybridized carbons (Fsp3) is 0.333. The standard InChI is InChI=1S/C18H14FN7.C6H13N/c1-21-18-9-17(11-3-4-12(10-20)14(19)7-11)26(23-18)13-5-6-16-15(8-13)22-24-25(16)2;7-6-4-2-1-3-5-6/h3-9H,1-2H3,(H,21,23);6H,1-5,7H2. The van der Waals surface area contributed by atoms with Crippen molar-refractivity contribution in [1.29, 1.82) is 5.26 Å². The van der Waals surface area contributed by atoms with Gasteiger partial charge in [-0.15, -0.1) is 10.2 Å². The Morgan fingerprint density at radius 1 is 1.12 bits per heavy atom. The molecule has 0 amide bonds. The summed E-state index contributed by atoms with van der Waals surface area (Å²) in [5, 5.41) is 24.6. The molecule has 0 spiro atoms. The van der Waals surface area contributed by atoms with Crippen LogP contribution in [0.2, 0.25) is 0 Å². The van der Waals surface area contributed by atoms with Crippen LogP contribution in [-0.2, 0) is 7.05 Å². The van der Waals surface area contributed by atoms with Crippen LogP contribution >= 0.6 is 0 Å². The van der Waals surface area contributed by atoms with E-state index in [0.29, 0.717) is 23.1 Å². The van der Waals surface area contributed by atoms with Crippen LogP contribution in [0, 0.1) is 17.1 Å². The van der Waals surface area contributed by atoms with E-state index in [9.17, 15) is 4.39 Å². The summed E-state index contributed by atoms with van der Waals surface area (Å²) in [5.41, 5.74) is 9.38. The number of hydrogen-bond donors (Lipinski definition) is 2. The number of anilines is 1. The topological polar surface area (TPSA) is 110 Å². The minimum Gasteiger partial charge on any atom is -0.372 e. The fourth-order valence-corrected chi connectivity index (χ4v) is 3.97. The maximum atomic E-state index is 14.1. The predicted octanol–water partition coefficient (Wildman–Crippen LogP) is 4.15. The SMILES string of the molecule is CNc1cc(-c2ccc(C#N)c(F)c2)n(-c2ccc3c(c2)nnn3C)n1.NC1CCCCC1. The van der Waals surface area contributed by atoms with Gasteiger partial charge in [0.15, 0.2) is 0 Å². The second-order valence-corrected chi connectivity index (χ2v) is 8.17. The monoisotopic (exact) mass is 446 g/mol. The van der Waals surface area contributed by atoms with Crippen LogP contribution in [0.3, 0.4) is 0 Å². The van der Waals surface area contributed by atoms with E-state index in [-0.39, 0.29) is 5.56 Å². The molecule has 9 heteroatoms. The summed E-state index contributed by atoms with van der Waals surface area (Å²) >= 11 is 0. The Kier molecular flexibility index (Phi) is 6.66. The summed E-state index contributed by atoms with van der Waals surface area (Å²) in [7, 11) is 3.59. The quantitative estimate of drug-likeness (QED) is 0.489. The third-order valence-electron chi connectivity index (χ3n) is 5.84. The van der Waals surface area contributed by atoms with Crippen molar-refractivity contribution < 1.29 is 4.39 Å². The predicted molar refractivity (Wildman–Crippen MR) is 126 cm³/mol. The summed E-state index contributed by atoms with van der Waals surface area (Å²) in [4.78, 5) is 0. The van der Waals surface area contributed by atoms with Crippen molar-refractivity contribution in [3.05, 3.63) is 53.8 Å². The minimum absolute atomic E-state index is 0.00892. The average Bonchev–Trinajstić information content (AvgIpc) is 3.43. The van der Waals surface area contributed by atoms with Gasteiger partial charge in [0.25, 0.3) is 0 Å². The van der Waals surface area contributed by atoms with Crippen LogP contribution in [-0.4, -0.2) is 37.9 Å². The van der Waals surface area contributed by atoms with Crippen LogP contribution < -0.4 is 11.1 Å². The zero-order valence-corrected chi connectivity index (χ0v) is 18.8. The van der Waals surface area contributed by atoms with E-state index in [0.717, 1.165) is 16.7 Å². The van der Waals surface area contributed by atoms with Crippen LogP contribution in [0.4, 0.5) is 10.2 Å². The van der Waals surface area contributed by atoms with Gasteiger partial charge in [0, 0.05) is 31.8 Å². The first-order chi connectivity index (χ1) is 16.0. The van der Waals surface area contributed by atoms with Crippen molar-refractivity contribution in [3.63, 3.8) is 0 Å². The Hall–Kier alpha value is -3.77. The number of fused-ring (bicyclic) bond motifs is 1. The van der Waals surface area contributed by atoms with Gasteiger partial charge in [-0.05, 0) is 43.2 Å². The van der Waals surface area contributed by atoms with E-state index in [1.54, 1.807) is 22.5 Å². The molecule has 0 unspecified atom stereocenters. The second kappa shape index (κ2) is 9.79. The Bertz CT molecular complexity index is 1290. The van der Waals surface area contributed by atoms with Crippen molar-refractivity contribution in [1.82, 2.24) is 24.8 Å². The van der Waals surface area contributed by atoms with Gasteiger partial charge >= 0.3 is 0 Å². The number of aryl methyl sites for hydroxylation is 1. The van der Waals surface area contributed by atoms with Crippen LogP contribution in [0.15, 0.2) is 42.5 Å². The number of hydrogen-bond acceptors (Lipinski definition) is 6. The van der Waals surface area contributed by atoms with E-state index in [2.05, 4.69) is 20.7 Å². The molecule has 0 aliphatic heterocycles. The normalized spacial score (nSPS) is 13.9. The number of nitriles is 1. The van der Waals surface area contributed by atoms with E-state index >= 15 is 0 Å². The van der Waals surface area contributed by atoms with Gasteiger partial charge in [-0.25, -0.2) is 13.8 Å². The Labute approximate surface area is 191 Å². The summed E-state index contributed by atoms with van der Waals surface area (Å²) in [6.45, 7) is 0. The largest absolute Gasteiger partial charge is 0.372 e. The molecule has 2 aromatic heterocycles. The third kappa shape index (κ3) is 4.86. The Balaban J connectivity index is 0.000000318. The number of nitrogens with two attached hydrogens (primary N) is 1. The van der Waals surface area contributed by atoms with Gasteiger partial charge in [0.1, 0.15) is 23.2 Å². The van der Waals surface area contributed by atoms with E-state index < -0.39 is 5.82 Å². The lowest BCUT2D eigenvalue weighted by Crippen LogP contribution is -2.22. The van der Waals surface area contributed by atoms with Gasteiger partial charge in [-0.2, -0.15) is 5.26 Å². The van der Waals surface area contributed by atoms with E-state index in [1.807, 2.05) is 37.4 Å². The second-order valence-electron chi connectivity index (χ2n) is 8.17. The van der Waals surface area contributed by atoms with Crippen LogP contribution in [0.25, 0.3) is 28.0 Å². The van der Waals surface area contributed by atoms with Gasteiger partial charge in [0.05, 0.1) is 22.5 Å². The number of nitrogens with zero attached hydrogens (tertiary/aromatic N) is 6. The molecule has 4 aromatic rings. The van der Waals surface area contributed by atoms with E-state index in [1.165, 1.54) is 44.2 Å². The summed E-state index contributed by atoms with van der Waals surface area (Å²) in [5.74, 6) is 0.0807. The van der Waals surface area contributed by atoms with E-state index in [4.69, 9.17) is 11.0 Å². The smallest absolute Gasteiger partial charge is 0.148 e. The van der Waals surface area contributed by atoms with Gasteiger partial charge < -0.3 is 11.1 Å². The zero-order valence-electron chi connectivity index (χ0n) is 18.8. The Morgan fingerprint density at radius 2 is 1.91 bits per heavy atom. The maximum absolute atomic E-state index is 14.1. The van der Waals surface area contributed by atoms with Crippen molar-refractivity contribution in [2.24, 2.45) is 12.8 Å². The highest BCUT2D eigenvalue weighted by atomic mass is 19.1. The molecule has 1 fully saturated rings. The maximum Gasteiger partial charge on any atom is 0.148 e. The third-order valence-corrected chi connectivity index (χ3v) is 5.84. The highest BCUT2D eigenvalue weighted by Gasteiger charge is 2.14. The molecule has 3 N–H and O–H groups in total. The lowest BCUT2D eigenvalue weighted by molar-refractivity contribution is 0.441. The molecule has 170 valence electrons. The molecule has 0 bridgehead atoms. The molecule has 8 nitrogen and oxygen atoms in total. The van der Waals surface area contributed by atoms with Crippen molar-refractivity contribution in [3.8, 4) is 23.0 Å². The number of nitrogens with one attached hydrogen (secondary N) is 1. The molecule has 0 radical (unpaired) electrons. The molecule has 0 saturated heterocycles. The first-order valence-corrected chi connectivity index (χ1v) is 11.0. The van der Waals surface area contributed by atoms with Gasteiger partial charge in [0.2, 0.25) is 0 Å².